The Morgan fingerprint density at radius 1 is 0.950 bits per heavy atom. The first-order chi connectivity index (χ1) is 9.65. The molecule has 110 valence electrons. The maximum absolute atomic E-state index is 11.5. The quantitative estimate of drug-likeness (QED) is 0.724. The van der Waals surface area contributed by atoms with Gasteiger partial charge >= 0.3 is 0 Å². The third-order valence-corrected chi connectivity index (χ3v) is 2.89. The topological polar surface area (TPSA) is 71.1 Å². The summed E-state index contributed by atoms with van der Waals surface area (Å²) in [5, 5.41) is 5.30. The second-order valence-corrected chi connectivity index (χ2v) is 4.85. The summed E-state index contributed by atoms with van der Waals surface area (Å²) in [4.78, 5) is 27.2. The minimum absolute atomic E-state index is 0.149. The molecule has 0 aliphatic heterocycles. The van der Waals surface area contributed by atoms with E-state index in [0.717, 1.165) is 0 Å². The molecule has 0 aromatic carbocycles. The SMILES string of the molecule is O=C(CCCCl)Nc1cccc(NC(=O)CCCCl)n1. The smallest absolute Gasteiger partial charge is 0.225 e. The van der Waals surface area contributed by atoms with Crippen LogP contribution >= 0.6 is 23.2 Å². The standard InChI is InChI=1S/C13H17Cl2N3O2/c14-8-2-6-12(19)17-10-4-1-5-11(16-10)18-13(20)7-3-9-15/h1,4-5H,2-3,6-9H2,(H2,16,17,18,19,20). The zero-order valence-electron chi connectivity index (χ0n) is 11.0. The predicted octanol–water partition coefficient (Wildman–Crippen LogP) is 3.00. The van der Waals surface area contributed by atoms with Gasteiger partial charge in [-0.05, 0) is 25.0 Å². The van der Waals surface area contributed by atoms with Gasteiger partial charge in [0.05, 0.1) is 0 Å². The zero-order valence-corrected chi connectivity index (χ0v) is 12.5. The fourth-order valence-corrected chi connectivity index (χ4v) is 1.71. The van der Waals surface area contributed by atoms with Crippen molar-refractivity contribution in [3.05, 3.63) is 18.2 Å². The van der Waals surface area contributed by atoms with Crippen LogP contribution in [-0.2, 0) is 9.59 Å². The summed E-state index contributed by atoms with van der Waals surface area (Å²) in [6.07, 6.45) is 1.92. The number of pyridine rings is 1. The van der Waals surface area contributed by atoms with E-state index in [1.54, 1.807) is 18.2 Å². The molecule has 0 atom stereocenters. The van der Waals surface area contributed by atoms with Gasteiger partial charge in [-0.2, -0.15) is 0 Å². The van der Waals surface area contributed by atoms with Gasteiger partial charge in [-0.15, -0.1) is 23.2 Å². The van der Waals surface area contributed by atoms with Crippen molar-refractivity contribution in [3.8, 4) is 0 Å². The van der Waals surface area contributed by atoms with E-state index in [-0.39, 0.29) is 11.8 Å². The molecule has 0 bridgehead atoms. The molecule has 0 unspecified atom stereocenters. The van der Waals surface area contributed by atoms with Crippen LogP contribution in [0.5, 0.6) is 0 Å². The largest absolute Gasteiger partial charge is 0.311 e. The molecule has 0 aliphatic carbocycles. The molecule has 1 heterocycles. The number of nitrogens with zero attached hydrogens (tertiary/aromatic N) is 1. The van der Waals surface area contributed by atoms with Crippen LogP contribution in [0.25, 0.3) is 0 Å². The van der Waals surface area contributed by atoms with Crippen molar-refractivity contribution in [3.63, 3.8) is 0 Å². The number of anilines is 2. The van der Waals surface area contributed by atoms with Crippen LogP contribution in [0.15, 0.2) is 18.2 Å². The number of amides is 2. The van der Waals surface area contributed by atoms with E-state index in [0.29, 0.717) is 49.1 Å². The lowest BCUT2D eigenvalue weighted by molar-refractivity contribution is -0.117. The third kappa shape index (κ3) is 6.73. The fourth-order valence-electron chi connectivity index (χ4n) is 1.44. The minimum atomic E-state index is -0.149. The number of hydrogen-bond acceptors (Lipinski definition) is 3. The van der Waals surface area contributed by atoms with Crippen LogP contribution in [0.4, 0.5) is 11.6 Å². The Morgan fingerprint density at radius 3 is 1.80 bits per heavy atom. The number of rotatable bonds is 8. The van der Waals surface area contributed by atoms with Crippen molar-refractivity contribution < 1.29 is 9.59 Å². The number of carbonyl (C=O) groups excluding carboxylic acids is 2. The molecule has 0 fully saturated rings. The van der Waals surface area contributed by atoms with E-state index in [2.05, 4.69) is 15.6 Å². The lowest BCUT2D eigenvalue weighted by Gasteiger charge is -2.07. The van der Waals surface area contributed by atoms with Crippen LogP contribution in [0.2, 0.25) is 0 Å². The van der Waals surface area contributed by atoms with Gasteiger partial charge in [0.25, 0.3) is 0 Å². The Kier molecular flexibility index (Phi) is 7.99. The molecule has 20 heavy (non-hydrogen) atoms. The second-order valence-electron chi connectivity index (χ2n) is 4.09. The van der Waals surface area contributed by atoms with E-state index >= 15 is 0 Å². The van der Waals surface area contributed by atoms with Crippen molar-refractivity contribution in [2.24, 2.45) is 0 Å². The monoisotopic (exact) mass is 317 g/mol. The molecule has 0 spiro atoms. The van der Waals surface area contributed by atoms with E-state index < -0.39 is 0 Å². The second kappa shape index (κ2) is 9.55. The number of nitrogens with one attached hydrogen (secondary N) is 2. The molecule has 5 nitrogen and oxygen atoms in total. The molecule has 1 aromatic rings. The lowest BCUT2D eigenvalue weighted by atomic mass is 10.3. The highest BCUT2D eigenvalue weighted by molar-refractivity contribution is 6.18. The first-order valence-electron chi connectivity index (χ1n) is 6.34. The molecule has 1 rings (SSSR count). The van der Waals surface area contributed by atoms with E-state index in [4.69, 9.17) is 23.2 Å². The highest BCUT2D eigenvalue weighted by Crippen LogP contribution is 2.10. The number of carbonyl (C=O) groups is 2. The molecule has 0 aliphatic rings. The summed E-state index contributed by atoms with van der Waals surface area (Å²) in [7, 11) is 0. The molecule has 0 radical (unpaired) electrons. The van der Waals surface area contributed by atoms with Crippen LogP contribution in [0.3, 0.4) is 0 Å². The average Bonchev–Trinajstić information content (AvgIpc) is 2.43. The van der Waals surface area contributed by atoms with Crippen LogP contribution < -0.4 is 10.6 Å². The average molecular weight is 318 g/mol. The van der Waals surface area contributed by atoms with Crippen molar-refractivity contribution in [1.82, 2.24) is 4.98 Å². The molecule has 2 amide bonds. The van der Waals surface area contributed by atoms with Crippen molar-refractivity contribution in [2.45, 2.75) is 25.7 Å². The first-order valence-corrected chi connectivity index (χ1v) is 7.41. The Hall–Kier alpha value is -1.33. The van der Waals surface area contributed by atoms with Gasteiger partial charge in [-0.1, -0.05) is 6.07 Å². The van der Waals surface area contributed by atoms with E-state index in [1.165, 1.54) is 0 Å². The Bertz CT molecular complexity index is 418. The molecule has 0 saturated carbocycles. The molecule has 0 saturated heterocycles. The van der Waals surface area contributed by atoms with Gasteiger partial charge in [0.15, 0.2) is 0 Å². The summed E-state index contributed by atoms with van der Waals surface area (Å²) < 4.78 is 0. The minimum Gasteiger partial charge on any atom is -0.311 e. The van der Waals surface area contributed by atoms with Crippen LogP contribution in [0, 0.1) is 0 Å². The van der Waals surface area contributed by atoms with Crippen molar-refractivity contribution >= 4 is 46.7 Å². The van der Waals surface area contributed by atoms with Gasteiger partial charge in [0.2, 0.25) is 11.8 Å². The summed E-state index contributed by atoms with van der Waals surface area (Å²) in [6.45, 7) is 0. The van der Waals surface area contributed by atoms with Gasteiger partial charge in [-0.3, -0.25) is 9.59 Å². The summed E-state index contributed by atoms with van der Waals surface area (Å²) in [5.74, 6) is 1.39. The van der Waals surface area contributed by atoms with Crippen molar-refractivity contribution in [2.75, 3.05) is 22.4 Å². The first kappa shape index (κ1) is 16.7. The molecule has 2 N–H and O–H groups in total. The van der Waals surface area contributed by atoms with Gasteiger partial charge in [0.1, 0.15) is 11.6 Å². The number of halogens is 2. The maximum Gasteiger partial charge on any atom is 0.225 e. The van der Waals surface area contributed by atoms with Crippen molar-refractivity contribution in [1.29, 1.82) is 0 Å². The molecule has 1 aromatic heterocycles. The molecular weight excluding hydrogens is 301 g/mol. The Balaban J connectivity index is 2.52. The highest BCUT2D eigenvalue weighted by Gasteiger charge is 2.06. The van der Waals surface area contributed by atoms with Gasteiger partial charge < -0.3 is 10.6 Å². The lowest BCUT2D eigenvalue weighted by Crippen LogP contribution is -2.15. The maximum atomic E-state index is 11.5. The zero-order chi connectivity index (χ0) is 14.8. The van der Waals surface area contributed by atoms with E-state index in [9.17, 15) is 9.59 Å². The van der Waals surface area contributed by atoms with Crippen LogP contribution in [-0.4, -0.2) is 28.6 Å². The summed E-state index contributed by atoms with van der Waals surface area (Å²) >= 11 is 11.0. The number of aromatic nitrogens is 1. The Morgan fingerprint density at radius 2 is 1.40 bits per heavy atom. The molecular formula is C13H17Cl2N3O2. The fraction of sp³-hybridized carbons (Fsp3) is 0.462. The predicted molar refractivity (Wildman–Crippen MR) is 81.4 cm³/mol. The third-order valence-electron chi connectivity index (χ3n) is 2.36. The highest BCUT2D eigenvalue weighted by atomic mass is 35.5. The number of alkyl halides is 2. The van der Waals surface area contributed by atoms with Gasteiger partial charge in [-0.25, -0.2) is 4.98 Å². The summed E-state index contributed by atoms with van der Waals surface area (Å²) in [5.41, 5.74) is 0. The van der Waals surface area contributed by atoms with Gasteiger partial charge in [0, 0.05) is 24.6 Å². The normalized spacial score (nSPS) is 10.1. The summed E-state index contributed by atoms with van der Waals surface area (Å²) in [6, 6.07) is 5.03. The van der Waals surface area contributed by atoms with Crippen LogP contribution in [0.1, 0.15) is 25.7 Å². The number of hydrogen-bond donors (Lipinski definition) is 2. The molecule has 7 heteroatoms. The Labute approximate surface area is 128 Å². The van der Waals surface area contributed by atoms with E-state index in [1.807, 2.05) is 0 Å².